The summed E-state index contributed by atoms with van der Waals surface area (Å²) in [7, 11) is 4.11. The lowest BCUT2D eigenvalue weighted by Crippen LogP contribution is -2.33. The van der Waals surface area contributed by atoms with E-state index in [0.29, 0.717) is 6.54 Å². The summed E-state index contributed by atoms with van der Waals surface area (Å²) in [6.07, 6.45) is 0.901. The normalized spacial score (nSPS) is 11.3. The molecule has 1 aromatic heterocycles. The van der Waals surface area contributed by atoms with E-state index in [1.807, 2.05) is 36.1 Å². The van der Waals surface area contributed by atoms with E-state index in [4.69, 9.17) is 4.98 Å². The van der Waals surface area contributed by atoms with Crippen LogP contribution in [0.4, 0.5) is 5.13 Å². The Morgan fingerprint density at radius 2 is 1.78 bits per heavy atom. The van der Waals surface area contributed by atoms with Gasteiger partial charge in [0.1, 0.15) is 0 Å². The van der Waals surface area contributed by atoms with E-state index in [9.17, 15) is 4.79 Å². The number of thiazole rings is 1. The second-order valence-electron chi connectivity index (χ2n) is 7.36. The molecule has 3 aromatic rings. The molecule has 0 fully saturated rings. The molecule has 0 aliphatic carbocycles. The maximum absolute atomic E-state index is 13.3. The molecule has 0 atom stereocenters. The van der Waals surface area contributed by atoms with Gasteiger partial charge in [0, 0.05) is 12.1 Å². The lowest BCUT2D eigenvalue weighted by molar-refractivity contribution is 0.0985. The summed E-state index contributed by atoms with van der Waals surface area (Å²) < 4.78 is 1.16. The topological polar surface area (TPSA) is 36.4 Å². The van der Waals surface area contributed by atoms with Gasteiger partial charge in [-0.1, -0.05) is 35.6 Å². The first-order valence-electron chi connectivity index (χ1n) is 9.27. The standard InChI is InChI=1S/C22H27N3OS/c1-15-13-17(3)20-19(14-15)23-22(27-20)25(12-8-11-24(4)5)21(26)18-10-7-6-9-16(18)2/h6-7,9-10,13-14H,8,11-12H2,1-5H3. The molecule has 0 radical (unpaired) electrons. The number of fused-ring (bicyclic) bond motifs is 1. The Balaban J connectivity index is 2.00. The molecule has 27 heavy (non-hydrogen) atoms. The average molecular weight is 382 g/mol. The Bertz CT molecular complexity index is 961. The zero-order chi connectivity index (χ0) is 19.6. The number of anilines is 1. The van der Waals surface area contributed by atoms with Gasteiger partial charge in [-0.25, -0.2) is 4.98 Å². The molecule has 0 saturated heterocycles. The van der Waals surface area contributed by atoms with Crippen molar-refractivity contribution in [2.75, 3.05) is 32.1 Å². The van der Waals surface area contributed by atoms with Gasteiger partial charge in [0.2, 0.25) is 0 Å². The molecule has 2 aromatic carbocycles. The number of carbonyl (C=O) groups is 1. The van der Waals surface area contributed by atoms with Crippen molar-refractivity contribution < 1.29 is 4.79 Å². The highest BCUT2D eigenvalue weighted by Gasteiger charge is 2.22. The molecular formula is C22H27N3OS. The molecule has 4 nitrogen and oxygen atoms in total. The van der Waals surface area contributed by atoms with Crippen LogP contribution in [0.5, 0.6) is 0 Å². The second-order valence-corrected chi connectivity index (χ2v) is 8.33. The maximum atomic E-state index is 13.3. The first-order chi connectivity index (χ1) is 12.9. The van der Waals surface area contributed by atoms with Crippen LogP contribution in [0.25, 0.3) is 10.2 Å². The molecule has 1 heterocycles. The van der Waals surface area contributed by atoms with Crippen LogP contribution < -0.4 is 4.90 Å². The van der Waals surface area contributed by atoms with Crippen LogP contribution in [0.15, 0.2) is 36.4 Å². The van der Waals surface area contributed by atoms with Gasteiger partial charge in [-0.3, -0.25) is 9.69 Å². The lowest BCUT2D eigenvalue weighted by atomic mass is 10.1. The summed E-state index contributed by atoms with van der Waals surface area (Å²) in [6, 6.07) is 12.0. The van der Waals surface area contributed by atoms with Gasteiger partial charge in [0.05, 0.1) is 10.2 Å². The highest BCUT2D eigenvalue weighted by atomic mass is 32.1. The fourth-order valence-corrected chi connectivity index (χ4v) is 4.31. The van der Waals surface area contributed by atoms with Crippen LogP contribution in [0.3, 0.4) is 0 Å². The Morgan fingerprint density at radius 3 is 2.48 bits per heavy atom. The molecule has 0 bridgehead atoms. The van der Waals surface area contributed by atoms with Crippen molar-refractivity contribution in [3.63, 3.8) is 0 Å². The van der Waals surface area contributed by atoms with Crippen LogP contribution in [-0.4, -0.2) is 43.0 Å². The summed E-state index contributed by atoms with van der Waals surface area (Å²) in [5.74, 6) is 0.0280. The van der Waals surface area contributed by atoms with Gasteiger partial charge in [-0.15, -0.1) is 0 Å². The molecule has 0 spiro atoms. The van der Waals surface area contributed by atoms with Crippen molar-refractivity contribution in [2.24, 2.45) is 0 Å². The van der Waals surface area contributed by atoms with Crippen LogP contribution in [0, 0.1) is 20.8 Å². The predicted octanol–water partition coefficient (Wildman–Crippen LogP) is 4.82. The smallest absolute Gasteiger partial charge is 0.260 e. The largest absolute Gasteiger partial charge is 0.309 e. The Morgan fingerprint density at radius 1 is 1.04 bits per heavy atom. The molecule has 5 heteroatoms. The Labute approximate surface area is 165 Å². The third-order valence-corrected chi connectivity index (χ3v) is 5.88. The Kier molecular flexibility index (Phi) is 5.92. The number of benzene rings is 2. The van der Waals surface area contributed by atoms with Gasteiger partial charge in [-0.2, -0.15) is 0 Å². The van der Waals surface area contributed by atoms with E-state index in [2.05, 4.69) is 45.0 Å². The van der Waals surface area contributed by atoms with E-state index >= 15 is 0 Å². The highest BCUT2D eigenvalue weighted by molar-refractivity contribution is 7.22. The minimum Gasteiger partial charge on any atom is -0.309 e. The minimum absolute atomic E-state index is 0.0280. The molecule has 0 unspecified atom stereocenters. The fourth-order valence-electron chi connectivity index (χ4n) is 3.27. The van der Waals surface area contributed by atoms with Gasteiger partial charge >= 0.3 is 0 Å². The first kappa shape index (κ1) is 19.5. The van der Waals surface area contributed by atoms with Crippen molar-refractivity contribution in [3.05, 3.63) is 58.7 Å². The van der Waals surface area contributed by atoms with Gasteiger partial charge in [0.15, 0.2) is 5.13 Å². The van der Waals surface area contributed by atoms with E-state index in [0.717, 1.165) is 39.4 Å². The number of nitrogens with zero attached hydrogens (tertiary/aromatic N) is 3. The van der Waals surface area contributed by atoms with E-state index < -0.39 is 0 Å². The van der Waals surface area contributed by atoms with Crippen LogP contribution in [-0.2, 0) is 0 Å². The van der Waals surface area contributed by atoms with Gasteiger partial charge in [-0.05, 0) is 76.7 Å². The highest BCUT2D eigenvalue weighted by Crippen LogP contribution is 2.33. The van der Waals surface area contributed by atoms with Gasteiger partial charge in [0.25, 0.3) is 5.91 Å². The number of hydrogen-bond acceptors (Lipinski definition) is 4. The number of amides is 1. The minimum atomic E-state index is 0.0280. The molecule has 0 saturated carbocycles. The van der Waals surface area contributed by atoms with Crippen molar-refractivity contribution in [2.45, 2.75) is 27.2 Å². The van der Waals surface area contributed by atoms with Crippen LogP contribution in [0.2, 0.25) is 0 Å². The number of rotatable bonds is 6. The zero-order valence-electron chi connectivity index (χ0n) is 16.7. The third kappa shape index (κ3) is 4.37. The zero-order valence-corrected chi connectivity index (χ0v) is 17.6. The summed E-state index contributed by atoms with van der Waals surface area (Å²) in [5.41, 5.74) is 5.12. The maximum Gasteiger partial charge on any atom is 0.260 e. The molecule has 0 aliphatic rings. The van der Waals surface area contributed by atoms with Crippen molar-refractivity contribution in [3.8, 4) is 0 Å². The fraction of sp³-hybridized carbons (Fsp3) is 0.364. The number of aromatic nitrogens is 1. The average Bonchev–Trinajstić information content (AvgIpc) is 3.02. The van der Waals surface area contributed by atoms with Crippen molar-refractivity contribution >= 4 is 32.6 Å². The molecule has 3 rings (SSSR count). The quantitative estimate of drug-likeness (QED) is 0.614. The van der Waals surface area contributed by atoms with E-state index in [-0.39, 0.29) is 5.91 Å². The van der Waals surface area contributed by atoms with Crippen LogP contribution >= 0.6 is 11.3 Å². The van der Waals surface area contributed by atoms with Crippen molar-refractivity contribution in [1.82, 2.24) is 9.88 Å². The number of aryl methyl sites for hydroxylation is 3. The van der Waals surface area contributed by atoms with E-state index in [1.54, 1.807) is 11.3 Å². The first-order valence-corrected chi connectivity index (χ1v) is 10.1. The second kappa shape index (κ2) is 8.19. The SMILES string of the molecule is Cc1cc(C)c2sc(N(CCCN(C)C)C(=O)c3ccccc3C)nc2c1. The Hall–Kier alpha value is -2.24. The lowest BCUT2D eigenvalue weighted by Gasteiger charge is -2.21. The summed E-state index contributed by atoms with van der Waals surface area (Å²) in [5, 5.41) is 0.783. The van der Waals surface area contributed by atoms with Gasteiger partial charge < -0.3 is 4.90 Å². The summed E-state index contributed by atoms with van der Waals surface area (Å²) in [6.45, 7) is 7.76. The summed E-state index contributed by atoms with van der Waals surface area (Å²) in [4.78, 5) is 22.2. The number of carbonyl (C=O) groups excluding carboxylic acids is 1. The molecule has 142 valence electrons. The monoisotopic (exact) mass is 381 g/mol. The summed E-state index contributed by atoms with van der Waals surface area (Å²) >= 11 is 1.61. The molecule has 0 aliphatic heterocycles. The molecular weight excluding hydrogens is 354 g/mol. The van der Waals surface area contributed by atoms with Crippen LogP contribution in [0.1, 0.15) is 33.5 Å². The predicted molar refractivity (Wildman–Crippen MR) is 115 cm³/mol. The van der Waals surface area contributed by atoms with Crippen molar-refractivity contribution in [1.29, 1.82) is 0 Å². The van der Waals surface area contributed by atoms with E-state index in [1.165, 1.54) is 11.1 Å². The third-order valence-electron chi connectivity index (χ3n) is 4.65. The molecule has 1 amide bonds. The molecule has 0 N–H and O–H groups in total. The number of hydrogen-bond donors (Lipinski definition) is 0.